The van der Waals surface area contributed by atoms with Gasteiger partial charge in [-0.3, -0.25) is 9.36 Å². The minimum absolute atomic E-state index is 0.244. The minimum atomic E-state index is -0.760. The molecule has 140 valence electrons. The van der Waals surface area contributed by atoms with Gasteiger partial charge in [0.1, 0.15) is 24.2 Å². The maximum absolute atomic E-state index is 12.9. The topological polar surface area (TPSA) is 70.4 Å². The van der Waals surface area contributed by atoms with E-state index in [9.17, 15) is 14.0 Å². The average molecular weight is 370 g/mol. The summed E-state index contributed by atoms with van der Waals surface area (Å²) in [7, 11) is 0. The lowest BCUT2D eigenvalue weighted by Gasteiger charge is -2.14. The van der Waals surface area contributed by atoms with Gasteiger partial charge in [0, 0.05) is 6.07 Å². The Bertz CT molecular complexity index is 1010. The summed E-state index contributed by atoms with van der Waals surface area (Å²) in [6, 6.07) is 10.2. The second-order valence-corrected chi connectivity index (χ2v) is 5.98. The van der Waals surface area contributed by atoms with Crippen LogP contribution < -0.4 is 10.3 Å². The molecular formula is C20H19FN2O4. The maximum atomic E-state index is 12.9. The van der Waals surface area contributed by atoms with E-state index in [0.29, 0.717) is 16.7 Å². The largest absolute Gasteiger partial charge is 0.489 e. The molecule has 27 heavy (non-hydrogen) atoms. The highest BCUT2D eigenvalue weighted by molar-refractivity contribution is 5.80. The predicted molar refractivity (Wildman–Crippen MR) is 98.1 cm³/mol. The first-order valence-electron chi connectivity index (χ1n) is 8.54. The fourth-order valence-electron chi connectivity index (χ4n) is 2.60. The fourth-order valence-corrected chi connectivity index (χ4v) is 2.60. The third-order valence-corrected chi connectivity index (χ3v) is 4.12. The molecule has 3 aromatic rings. The molecule has 0 saturated carbocycles. The monoisotopic (exact) mass is 370 g/mol. The number of hydrogen-bond donors (Lipinski definition) is 0. The molecule has 3 rings (SSSR count). The summed E-state index contributed by atoms with van der Waals surface area (Å²) in [6.45, 7) is 3.81. The van der Waals surface area contributed by atoms with Crippen LogP contribution in [0.25, 0.3) is 10.9 Å². The summed E-state index contributed by atoms with van der Waals surface area (Å²) < 4.78 is 24.8. The number of rotatable bonds is 6. The first-order chi connectivity index (χ1) is 13.0. The Kier molecular flexibility index (Phi) is 5.49. The van der Waals surface area contributed by atoms with Crippen molar-refractivity contribution in [1.82, 2.24) is 9.55 Å². The Morgan fingerprint density at radius 1 is 1.22 bits per heavy atom. The lowest BCUT2D eigenvalue weighted by atomic mass is 10.2. The molecule has 0 saturated heterocycles. The highest BCUT2D eigenvalue weighted by atomic mass is 19.1. The quantitative estimate of drug-likeness (QED) is 0.623. The second-order valence-electron chi connectivity index (χ2n) is 5.98. The van der Waals surface area contributed by atoms with E-state index in [2.05, 4.69) is 4.98 Å². The molecule has 7 heteroatoms. The van der Waals surface area contributed by atoms with Gasteiger partial charge < -0.3 is 9.47 Å². The zero-order valence-corrected chi connectivity index (χ0v) is 15.0. The van der Waals surface area contributed by atoms with Crippen molar-refractivity contribution in [2.45, 2.75) is 26.5 Å². The summed E-state index contributed by atoms with van der Waals surface area (Å²) in [5, 5.41) is 0.378. The van der Waals surface area contributed by atoms with E-state index in [1.54, 1.807) is 44.2 Å². The van der Waals surface area contributed by atoms with Gasteiger partial charge >= 0.3 is 5.97 Å². The minimum Gasteiger partial charge on any atom is -0.489 e. The number of halogens is 1. The molecule has 1 heterocycles. The van der Waals surface area contributed by atoms with Gasteiger partial charge in [-0.2, -0.15) is 0 Å². The van der Waals surface area contributed by atoms with Gasteiger partial charge in [0.2, 0.25) is 0 Å². The lowest BCUT2D eigenvalue weighted by Crippen LogP contribution is -2.29. The summed E-state index contributed by atoms with van der Waals surface area (Å²) in [4.78, 5) is 28.8. The molecule has 0 radical (unpaired) electrons. The van der Waals surface area contributed by atoms with Crippen molar-refractivity contribution in [3.8, 4) is 5.75 Å². The third-order valence-electron chi connectivity index (χ3n) is 4.12. The van der Waals surface area contributed by atoms with Crippen molar-refractivity contribution >= 4 is 16.9 Å². The summed E-state index contributed by atoms with van der Waals surface area (Å²) in [5.74, 6) is -0.253. The Labute approximate surface area is 155 Å². The normalized spacial score (nSPS) is 12.0. The molecule has 0 fully saturated rings. The van der Waals surface area contributed by atoms with Crippen molar-refractivity contribution in [2.75, 3.05) is 6.61 Å². The van der Waals surface area contributed by atoms with Gasteiger partial charge in [0.15, 0.2) is 0 Å². The number of aromatic nitrogens is 2. The van der Waals surface area contributed by atoms with E-state index in [1.165, 1.54) is 23.0 Å². The Hall–Kier alpha value is -3.22. The molecule has 0 spiro atoms. The molecule has 6 nitrogen and oxygen atoms in total. The number of hydrogen-bond acceptors (Lipinski definition) is 5. The standard InChI is InChI=1S/C20H19FN2O4/c1-3-26-20(25)13(2)23-12-22-18-10-16(8-9-17(18)19(23)24)27-11-14-4-6-15(21)7-5-14/h4-10,12-13H,3,11H2,1-2H3. The van der Waals surface area contributed by atoms with Gasteiger partial charge in [-0.25, -0.2) is 14.2 Å². The maximum Gasteiger partial charge on any atom is 0.328 e. The zero-order valence-electron chi connectivity index (χ0n) is 15.0. The molecule has 0 aliphatic rings. The average Bonchev–Trinajstić information content (AvgIpc) is 2.67. The summed E-state index contributed by atoms with van der Waals surface area (Å²) >= 11 is 0. The van der Waals surface area contributed by atoms with E-state index >= 15 is 0 Å². The molecule has 0 N–H and O–H groups in total. The van der Waals surface area contributed by atoms with Crippen LogP contribution in [-0.4, -0.2) is 22.1 Å². The van der Waals surface area contributed by atoms with Crippen LogP contribution in [0.5, 0.6) is 5.75 Å². The molecule has 0 bridgehead atoms. The van der Waals surface area contributed by atoms with Crippen LogP contribution in [0.1, 0.15) is 25.5 Å². The van der Waals surface area contributed by atoms with Crippen LogP contribution in [0.15, 0.2) is 53.6 Å². The van der Waals surface area contributed by atoms with Crippen molar-refractivity contribution < 1.29 is 18.7 Å². The van der Waals surface area contributed by atoms with Gasteiger partial charge in [-0.15, -0.1) is 0 Å². The van der Waals surface area contributed by atoms with Gasteiger partial charge in [-0.05, 0) is 43.7 Å². The third kappa shape index (κ3) is 4.13. The van der Waals surface area contributed by atoms with Crippen LogP contribution in [0.2, 0.25) is 0 Å². The highest BCUT2D eigenvalue weighted by Gasteiger charge is 2.18. The molecule has 1 aromatic heterocycles. The van der Waals surface area contributed by atoms with Crippen LogP contribution in [0.4, 0.5) is 4.39 Å². The number of carbonyl (C=O) groups is 1. The molecule has 1 atom stereocenters. The predicted octanol–water partition coefficient (Wildman–Crippen LogP) is 3.24. The van der Waals surface area contributed by atoms with E-state index < -0.39 is 12.0 Å². The van der Waals surface area contributed by atoms with Crippen molar-refractivity contribution in [2.24, 2.45) is 0 Å². The van der Waals surface area contributed by atoms with Crippen molar-refractivity contribution in [3.05, 3.63) is 70.5 Å². The van der Waals surface area contributed by atoms with E-state index in [0.717, 1.165) is 5.56 Å². The first kappa shape index (κ1) is 18.6. The first-order valence-corrected chi connectivity index (χ1v) is 8.54. The number of benzene rings is 2. The highest BCUT2D eigenvalue weighted by Crippen LogP contribution is 2.19. The van der Waals surface area contributed by atoms with Crippen LogP contribution in [0, 0.1) is 5.82 Å². The van der Waals surface area contributed by atoms with E-state index in [-0.39, 0.29) is 24.6 Å². The van der Waals surface area contributed by atoms with Crippen molar-refractivity contribution in [1.29, 1.82) is 0 Å². The van der Waals surface area contributed by atoms with Crippen LogP contribution in [0.3, 0.4) is 0 Å². The molecular weight excluding hydrogens is 351 g/mol. The van der Waals surface area contributed by atoms with Gasteiger partial charge in [0.05, 0.1) is 23.8 Å². The molecule has 2 aromatic carbocycles. The summed E-state index contributed by atoms with van der Waals surface area (Å²) in [6.07, 6.45) is 1.33. The molecule has 0 aliphatic heterocycles. The van der Waals surface area contributed by atoms with Crippen molar-refractivity contribution in [3.63, 3.8) is 0 Å². The van der Waals surface area contributed by atoms with Gasteiger partial charge in [-0.1, -0.05) is 12.1 Å². The van der Waals surface area contributed by atoms with Crippen LogP contribution >= 0.6 is 0 Å². The van der Waals surface area contributed by atoms with Gasteiger partial charge in [0.25, 0.3) is 5.56 Å². The van der Waals surface area contributed by atoms with Crippen LogP contribution in [-0.2, 0) is 16.1 Å². The Morgan fingerprint density at radius 3 is 2.67 bits per heavy atom. The number of ether oxygens (including phenoxy) is 2. The Balaban J connectivity index is 1.82. The SMILES string of the molecule is CCOC(=O)C(C)n1cnc2cc(OCc3ccc(F)cc3)ccc2c1=O. The Morgan fingerprint density at radius 2 is 1.96 bits per heavy atom. The number of nitrogens with zero attached hydrogens (tertiary/aromatic N) is 2. The number of carbonyl (C=O) groups excluding carboxylic acids is 1. The number of fused-ring (bicyclic) bond motifs is 1. The second kappa shape index (κ2) is 7.99. The zero-order chi connectivity index (χ0) is 19.4. The summed E-state index contributed by atoms with van der Waals surface area (Å²) in [5.41, 5.74) is 0.956. The van der Waals surface area contributed by atoms with E-state index in [4.69, 9.17) is 9.47 Å². The van der Waals surface area contributed by atoms with E-state index in [1.807, 2.05) is 0 Å². The molecule has 0 amide bonds. The fraction of sp³-hybridized carbons (Fsp3) is 0.250. The number of esters is 1. The lowest BCUT2D eigenvalue weighted by molar-refractivity contribution is -0.146. The smallest absolute Gasteiger partial charge is 0.328 e. The molecule has 1 unspecified atom stereocenters. The molecule has 0 aliphatic carbocycles.